The van der Waals surface area contributed by atoms with Gasteiger partial charge < -0.3 is 0 Å². The Kier molecular flexibility index (Phi) is 1.90. The molecule has 0 atom stereocenters. The van der Waals surface area contributed by atoms with Crippen molar-refractivity contribution in [1.82, 2.24) is 0 Å². The van der Waals surface area contributed by atoms with E-state index in [0.29, 0.717) is 0 Å². The summed E-state index contributed by atoms with van der Waals surface area (Å²) in [5, 5.41) is 0. The van der Waals surface area contributed by atoms with Crippen LogP contribution in [0.4, 0.5) is 0 Å². The van der Waals surface area contributed by atoms with Gasteiger partial charge in [0.05, 0.1) is 0 Å². The molecule has 3 aliphatic carbocycles. The second kappa shape index (κ2) is 3.12. The first-order valence-corrected chi connectivity index (χ1v) is 6.01. The van der Waals surface area contributed by atoms with Crippen molar-refractivity contribution >= 4 is 0 Å². The summed E-state index contributed by atoms with van der Waals surface area (Å²) in [6.07, 6.45) is 12.1. The van der Waals surface area contributed by atoms with Gasteiger partial charge in [-0.2, -0.15) is 0 Å². The molecule has 14 heavy (non-hydrogen) atoms. The largest absolute Gasteiger partial charge is 0.0767 e. The average Bonchev–Trinajstić information content (AvgIpc) is 2.55. The predicted octanol–water partition coefficient (Wildman–Crippen LogP) is 4.30. The molecule has 0 aromatic heterocycles. The lowest BCUT2D eigenvalue weighted by atomic mass is 9.87. The smallest absolute Gasteiger partial charge is 0.0229 e. The highest BCUT2D eigenvalue weighted by atomic mass is 14.3. The topological polar surface area (TPSA) is 0 Å². The molecule has 1 saturated carbocycles. The minimum atomic E-state index is 1.30. The third-order valence-electron chi connectivity index (χ3n) is 3.99. The number of hydrogen-bond acceptors (Lipinski definition) is 0. The second-order valence-corrected chi connectivity index (χ2v) is 4.78. The highest BCUT2D eigenvalue weighted by molar-refractivity contribution is 5.64. The molecule has 0 amide bonds. The van der Waals surface area contributed by atoms with Gasteiger partial charge in [-0.05, 0) is 79.7 Å². The van der Waals surface area contributed by atoms with Gasteiger partial charge in [-0.25, -0.2) is 0 Å². The Morgan fingerprint density at radius 2 is 1.57 bits per heavy atom. The van der Waals surface area contributed by atoms with Gasteiger partial charge in [0, 0.05) is 0 Å². The molecule has 1 fully saturated rings. The summed E-state index contributed by atoms with van der Waals surface area (Å²) in [5.74, 6) is 0. The van der Waals surface area contributed by atoms with Crippen LogP contribution in [0, 0.1) is 0 Å². The average molecular weight is 186 g/mol. The van der Waals surface area contributed by atoms with Crippen molar-refractivity contribution < 1.29 is 0 Å². The molecule has 3 aliphatic rings. The summed E-state index contributed by atoms with van der Waals surface area (Å²) in [7, 11) is 0. The molecule has 0 aromatic rings. The first kappa shape index (κ1) is 8.52. The standard InChI is InChI=1S/C14H18/c1-10-11-6-2-4-8-13(11)14-9-5-3-7-12(10)14/h6H,2-5,7-9H2,1H3. The van der Waals surface area contributed by atoms with Crippen LogP contribution in [0.1, 0.15) is 51.9 Å². The quantitative estimate of drug-likeness (QED) is 0.529. The van der Waals surface area contributed by atoms with Crippen LogP contribution >= 0.6 is 0 Å². The van der Waals surface area contributed by atoms with Crippen molar-refractivity contribution in [2.24, 2.45) is 0 Å². The van der Waals surface area contributed by atoms with Crippen LogP contribution in [0.5, 0.6) is 0 Å². The molecule has 0 N–H and O–H groups in total. The van der Waals surface area contributed by atoms with Crippen molar-refractivity contribution in [2.45, 2.75) is 51.9 Å². The molecule has 74 valence electrons. The molecule has 3 rings (SSSR count). The monoisotopic (exact) mass is 186 g/mol. The molecule has 0 aliphatic heterocycles. The van der Waals surface area contributed by atoms with Gasteiger partial charge in [-0.15, -0.1) is 0 Å². The second-order valence-electron chi connectivity index (χ2n) is 4.78. The van der Waals surface area contributed by atoms with Crippen LogP contribution in [0.25, 0.3) is 0 Å². The lowest BCUT2D eigenvalue weighted by molar-refractivity contribution is 0.672. The first-order valence-electron chi connectivity index (χ1n) is 6.01. The van der Waals surface area contributed by atoms with Crippen LogP contribution in [-0.2, 0) is 0 Å². The Hall–Kier alpha value is -0.780. The van der Waals surface area contributed by atoms with E-state index >= 15 is 0 Å². The number of hydrogen-bond donors (Lipinski definition) is 0. The van der Waals surface area contributed by atoms with E-state index in [2.05, 4.69) is 13.0 Å². The van der Waals surface area contributed by atoms with Crippen LogP contribution in [0.3, 0.4) is 0 Å². The molecule has 0 nitrogen and oxygen atoms in total. The van der Waals surface area contributed by atoms with E-state index in [1.54, 1.807) is 27.9 Å². The Bertz CT molecular complexity index is 363. The number of allylic oxidation sites excluding steroid dienone is 6. The summed E-state index contributed by atoms with van der Waals surface area (Å²) in [4.78, 5) is 0. The maximum Gasteiger partial charge on any atom is -0.0229 e. The van der Waals surface area contributed by atoms with E-state index in [4.69, 9.17) is 0 Å². The van der Waals surface area contributed by atoms with Crippen molar-refractivity contribution in [1.29, 1.82) is 0 Å². The predicted molar refractivity (Wildman–Crippen MR) is 60.1 cm³/mol. The molecule has 0 aromatic carbocycles. The van der Waals surface area contributed by atoms with E-state index < -0.39 is 0 Å². The highest BCUT2D eigenvalue weighted by Crippen LogP contribution is 2.47. The fourth-order valence-corrected chi connectivity index (χ4v) is 3.29. The fourth-order valence-electron chi connectivity index (χ4n) is 3.29. The van der Waals surface area contributed by atoms with Gasteiger partial charge >= 0.3 is 0 Å². The minimum Gasteiger partial charge on any atom is -0.0767 e. The molecule has 0 bridgehead atoms. The first-order chi connectivity index (χ1) is 6.88. The van der Waals surface area contributed by atoms with Gasteiger partial charge in [-0.1, -0.05) is 6.08 Å². The van der Waals surface area contributed by atoms with Crippen LogP contribution in [0.15, 0.2) is 33.9 Å². The summed E-state index contributed by atoms with van der Waals surface area (Å²) in [5.41, 5.74) is 8.44. The third-order valence-corrected chi connectivity index (χ3v) is 3.99. The van der Waals surface area contributed by atoms with E-state index in [-0.39, 0.29) is 0 Å². The molecule has 0 heterocycles. The molecular formula is C14H18. The van der Waals surface area contributed by atoms with E-state index in [1.165, 1.54) is 44.9 Å². The van der Waals surface area contributed by atoms with Gasteiger partial charge in [-0.3, -0.25) is 0 Å². The van der Waals surface area contributed by atoms with Gasteiger partial charge in [0.15, 0.2) is 0 Å². The van der Waals surface area contributed by atoms with Crippen LogP contribution < -0.4 is 0 Å². The number of rotatable bonds is 0. The van der Waals surface area contributed by atoms with E-state index in [1.807, 2.05) is 0 Å². The Morgan fingerprint density at radius 3 is 2.43 bits per heavy atom. The zero-order valence-electron chi connectivity index (χ0n) is 9.03. The van der Waals surface area contributed by atoms with Crippen LogP contribution in [0.2, 0.25) is 0 Å². The molecule has 0 heteroatoms. The molecule has 0 unspecified atom stereocenters. The maximum absolute atomic E-state index is 2.48. The Morgan fingerprint density at radius 1 is 0.857 bits per heavy atom. The SMILES string of the molecule is CC1=C2CCCCC2=C2CCCC=C12. The Labute approximate surface area is 86.4 Å². The summed E-state index contributed by atoms with van der Waals surface area (Å²) in [6, 6.07) is 0. The minimum absolute atomic E-state index is 1.30. The molecule has 0 saturated heterocycles. The summed E-state index contributed by atoms with van der Waals surface area (Å²) in [6.45, 7) is 2.34. The zero-order valence-corrected chi connectivity index (χ0v) is 9.03. The molecule has 0 radical (unpaired) electrons. The van der Waals surface area contributed by atoms with Crippen molar-refractivity contribution in [3.63, 3.8) is 0 Å². The lowest BCUT2D eigenvalue weighted by Gasteiger charge is -2.18. The van der Waals surface area contributed by atoms with E-state index in [9.17, 15) is 0 Å². The third kappa shape index (κ3) is 1.06. The lowest BCUT2D eigenvalue weighted by Crippen LogP contribution is -1.99. The molecule has 0 spiro atoms. The highest BCUT2D eigenvalue weighted by Gasteiger charge is 2.28. The molecular weight excluding hydrogens is 168 g/mol. The maximum atomic E-state index is 2.48. The van der Waals surface area contributed by atoms with Crippen molar-refractivity contribution in [2.75, 3.05) is 0 Å². The van der Waals surface area contributed by atoms with Crippen molar-refractivity contribution in [3.8, 4) is 0 Å². The summed E-state index contributed by atoms with van der Waals surface area (Å²) >= 11 is 0. The van der Waals surface area contributed by atoms with Crippen LogP contribution in [-0.4, -0.2) is 0 Å². The Balaban J connectivity index is 2.14. The van der Waals surface area contributed by atoms with E-state index in [0.717, 1.165) is 0 Å². The summed E-state index contributed by atoms with van der Waals surface area (Å²) < 4.78 is 0. The van der Waals surface area contributed by atoms with Crippen molar-refractivity contribution in [3.05, 3.63) is 33.9 Å². The van der Waals surface area contributed by atoms with Gasteiger partial charge in [0.25, 0.3) is 0 Å². The normalized spacial score (nSPS) is 26.2. The van der Waals surface area contributed by atoms with Gasteiger partial charge in [0.1, 0.15) is 0 Å². The number of fused-ring (bicyclic) bond motifs is 2. The zero-order chi connectivity index (χ0) is 9.54. The fraction of sp³-hybridized carbons (Fsp3) is 0.571. The van der Waals surface area contributed by atoms with Gasteiger partial charge in [0.2, 0.25) is 0 Å².